The predicted molar refractivity (Wildman–Crippen MR) is 102 cm³/mol. The van der Waals surface area contributed by atoms with Crippen LogP contribution in [-0.4, -0.2) is 47.1 Å². The molecule has 2 fully saturated rings. The maximum absolute atomic E-state index is 12.5. The van der Waals surface area contributed by atoms with Crippen LogP contribution in [0.1, 0.15) is 32.3 Å². The zero-order valence-corrected chi connectivity index (χ0v) is 17.1. The summed E-state index contributed by atoms with van der Waals surface area (Å²) in [6.45, 7) is 3.34. The summed E-state index contributed by atoms with van der Waals surface area (Å²) in [5.74, 6) is -0.449. The fourth-order valence-electron chi connectivity index (χ4n) is 3.42. The van der Waals surface area contributed by atoms with Crippen molar-refractivity contribution in [2.24, 2.45) is 0 Å². The van der Waals surface area contributed by atoms with Crippen LogP contribution < -0.4 is 5.32 Å². The van der Waals surface area contributed by atoms with Gasteiger partial charge in [-0.15, -0.1) is 11.8 Å². The van der Waals surface area contributed by atoms with Crippen LogP contribution in [0.3, 0.4) is 0 Å². The summed E-state index contributed by atoms with van der Waals surface area (Å²) in [5, 5.41) is 2.68. The number of fused-ring (bicyclic) bond motifs is 1. The Morgan fingerprint density at radius 3 is 2.73 bits per heavy atom. The molecule has 2 amide bonds. The Morgan fingerprint density at radius 1 is 1.38 bits per heavy atom. The molecule has 0 saturated carbocycles. The van der Waals surface area contributed by atoms with E-state index < -0.39 is 16.9 Å². The molecule has 0 spiro atoms. The van der Waals surface area contributed by atoms with Crippen molar-refractivity contribution in [2.45, 2.75) is 43.6 Å². The minimum atomic E-state index is -0.662. The van der Waals surface area contributed by atoms with Crippen molar-refractivity contribution in [1.29, 1.82) is 0 Å². The Labute approximate surface area is 165 Å². The number of hydrogen-bond acceptors (Lipinski definition) is 5. The van der Waals surface area contributed by atoms with Crippen LogP contribution in [0.15, 0.2) is 28.7 Å². The summed E-state index contributed by atoms with van der Waals surface area (Å²) in [4.78, 5) is 37.9. The second-order valence-corrected chi connectivity index (χ2v) is 8.92. The summed E-state index contributed by atoms with van der Waals surface area (Å²) < 4.78 is 6.14. The molecule has 1 N–H and O–H groups in total. The summed E-state index contributed by atoms with van der Waals surface area (Å²) in [7, 11) is 0. The van der Waals surface area contributed by atoms with Gasteiger partial charge in [0.2, 0.25) is 5.91 Å². The van der Waals surface area contributed by atoms with Gasteiger partial charge in [-0.2, -0.15) is 0 Å². The minimum Gasteiger partial charge on any atom is -0.454 e. The molecule has 0 radical (unpaired) electrons. The molecule has 0 unspecified atom stereocenters. The fraction of sp³-hybridized carbons (Fsp3) is 0.500. The van der Waals surface area contributed by atoms with Crippen LogP contribution in [0.25, 0.3) is 0 Å². The first kappa shape index (κ1) is 19.2. The van der Waals surface area contributed by atoms with Gasteiger partial charge in [0.05, 0.1) is 0 Å². The summed E-state index contributed by atoms with van der Waals surface area (Å²) in [5.41, 5.74) is 1.00. The molecule has 0 bridgehead atoms. The lowest BCUT2D eigenvalue weighted by Crippen LogP contribution is -2.47. The number of amides is 2. The number of carbonyl (C=O) groups excluding carboxylic acids is 3. The first-order chi connectivity index (χ1) is 12.3. The van der Waals surface area contributed by atoms with Gasteiger partial charge < -0.3 is 15.0 Å². The number of nitrogens with one attached hydrogen (secondary N) is 1. The average molecular weight is 441 g/mol. The Hall–Kier alpha value is -1.54. The van der Waals surface area contributed by atoms with E-state index in [1.165, 1.54) is 0 Å². The minimum absolute atomic E-state index is 0.0200. The number of esters is 1. The third-order valence-electron chi connectivity index (χ3n) is 4.49. The van der Waals surface area contributed by atoms with Gasteiger partial charge in [0.15, 0.2) is 6.61 Å². The molecule has 2 aliphatic rings. The molecule has 2 saturated heterocycles. The van der Waals surface area contributed by atoms with Crippen molar-refractivity contribution in [2.75, 3.05) is 12.4 Å². The zero-order valence-electron chi connectivity index (χ0n) is 14.7. The molecule has 140 valence electrons. The molecule has 0 aromatic heterocycles. The number of thioether (sulfide) groups is 1. The largest absolute Gasteiger partial charge is 0.454 e. The highest BCUT2D eigenvalue weighted by atomic mass is 79.9. The van der Waals surface area contributed by atoms with Crippen molar-refractivity contribution < 1.29 is 19.1 Å². The molecule has 8 heteroatoms. The third-order valence-corrected chi connectivity index (χ3v) is 6.61. The first-order valence-corrected chi connectivity index (χ1v) is 10.3. The fourth-order valence-corrected chi connectivity index (χ4v) is 5.32. The van der Waals surface area contributed by atoms with E-state index in [0.717, 1.165) is 10.0 Å². The van der Waals surface area contributed by atoms with Crippen molar-refractivity contribution in [3.63, 3.8) is 0 Å². The topological polar surface area (TPSA) is 75.7 Å². The van der Waals surface area contributed by atoms with E-state index >= 15 is 0 Å². The number of halogens is 1. The van der Waals surface area contributed by atoms with Gasteiger partial charge in [-0.1, -0.05) is 28.1 Å². The molecule has 0 aliphatic carbocycles. The van der Waals surface area contributed by atoms with Gasteiger partial charge in [-0.05, 0) is 38.0 Å². The van der Waals surface area contributed by atoms with E-state index in [9.17, 15) is 14.4 Å². The normalized spacial score (nSPS) is 24.7. The van der Waals surface area contributed by atoms with Crippen LogP contribution in [0.2, 0.25) is 0 Å². The van der Waals surface area contributed by atoms with E-state index in [1.807, 2.05) is 38.1 Å². The van der Waals surface area contributed by atoms with E-state index in [0.29, 0.717) is 18.6 Å². The van der Waals surface area contributed by atoms with Crippen molar-refractivity contribution >= 4 is 45.5 Å². The monoisotopic (exact) mass is 440 g/mol. The maximum Gasteiger partial charge on any atom is 0.330 e. The molecule has 2 heterocycles. The molecule has 1 aromatic rings. The van der Waals surface area contributed by atoms with Crippen LogP contribution in [0.5, 0.6) is 0 Å². The second-order valence-electron chi connectivity index (χ2n) is 6.71. The third kappa shape index (κ3) is 3.62. The molecular formula is C18H21BrN2O4S. The Morgan fingerprint density at radius 2 is 2.08 bits per heavy atom. The van der Waals surface area contributed by atoms with Crippen LogP contribution >= 0.6 is 27.7 Å². The number of rotatable bonds is 5. The van der Waals surface area contributed by atoms with Gasteiger partial charge >= 0.3 is 5.97 Å². The van der Waals surface area contributed by atoms with Gasteiger partial charge in [0.25, 0.3) is 5.91 Å². The summed E-state index contributed by atoms with van der Waals surface area (Å²) in [6.07, 6.45) is 1.07. The molecular weight excluding hydrogens is 420 g/mol. The van der Waals surface area contributed by atoms with Gasteiger partial charge in [-0.25, -0.2) is 4.79 Å². The number of nitrogens with zero attached hydrogens (tertiary/aromatic N) is 1. The van der Waals surface area contributed by atoms with Crippen LogP contribution in [-0.2, 0) is 24.0 Å². The Balaban J connectivity index is 1.74. The zero-order chi connectivity index (χ0) is 18.9. The van der Waals surface area contributed by atoms with E-state index in [-0.39, 0.29) is 24.5 Å². The highest BCUT2D eigenvalue weighted by Gasteiger charge is 2.57. The number of benzene rings is 1. The summed E-state index contributed by atoms with van der Waals surface area (Å²) >= 11 is 5.02. The molecule has 2 aliphatic heterocycles. The molecule has 6 nitrogen and oxygen atoms in total. The highest BCUT2D eigenvalue weighted by molar-refractivity contribution is 9.10. The van der Waals surface area contributed by atoms with E-state index in [4.69, 9.17) is 4.74 Å². The second kappa shape index (κ2) is 7.60. The quantitative estimate of drug-likeness (QED) is 0.711. The molecule has 26 heavy (non-hydrogen) atoms. The lowest BCUT2D eigenvalue weighted by atomic mass is 10.0. The standard InChI is InChI=1S/C18H21BrN2O4S/c1-11(2)20-15(22)9-25-17(24)14-10-26-18(8-7-16(23)21(14)18)12-3-5-13(19)6-4-12/h3-6,11,14H,7-10H2,1-2H3,(H,20,22)/t14-,18-/m1/s1. The average Bonchev–Trinajstić information content (AvgIpc) is 3.12. The highest BCUT2D eigenvalue weighted by Crippen LogP contribution is 2.54. The number of ether oxygens (including phenoxy) is 1. The lowest BCUT2D eigenvalue weighted by molar-refractivity contribution is -0.156. The number of carbonyl (C=O) groups is 3. The predicted octanol–water partition coefficient (Wildman–Crippen LogP) is 2.41. The van der Waals surface area contributed by atoms with Crippen LogP contribution in [0.4, 0.5) is 0 Å². The summed E-state index contributed by atoms with van der Waals surface area (Å²) in [6, 6.07) is 7.15. The van der Waals surface area contributed by atoms with Crippen molar-refractivity contribution in [3.05, 3.63) is 34.3 Å². The van der Waals surface area contributed by atoms with Gasteiger partial charge in [0, 0.05) is 22.7 Å². The van der Waals surface area contributed by atoms with E-state index in [1.54, 1.807) is 16.7 Å². The van der Waals surface area contributed by atoms with Crippen LogP contribution in [0, 0.1) is 0 Å². The van der Waals surface area contributed by atoms with E-state index in [2.05, 4.69) is 21.2 Å². The molecule has 1 aromatic carbocycles. The first-order valence-electron chi connectivity index (χ1n) is 8.51. The Kier molecular flexibility index (Phi) is 5.62. The van der Waals surface area contributed by atoms with Crippen molar-refractivity contribution in [1.82, 2.24) is 10.2 Å². The lowest BCUT2D eigenvalue weighted by Gasteiger charge is -2.33. The molecule has 2 atom stereocenters. The van der Waals surface area contributed by atoms with Gasteiger partial charge in [-0.3, -0.25) is 9.59 Å². The number of hydrogen-bond donors (Lipinski definition) is 1. The smallest absolute Gasteiger partial charge is 0.330 e. The molecule has 3 rings (SSSR count). The Bertz CT molecular complexity index is 724. The van der Waals surface area contributed by atoms with Crippen molar-refractivity contribution in [3.8, 4) is 0 Å². The van der Waals surface area contributed by atoms with Gasteiger partial charge in [0.1, 0.15) is 10.9 Å². The SMILES string of the molecule is CC(C)NC(=O)COC(=O)[C@H]1CS[C@@]2(c3ccc(Br)cc3)CCC(=O)N12. The maximum atomic E-state index is 12.5.